The number of aryl methyl sites for hydroxylation is 1. The Hall–Kier alpha value is -3.09. The number of carbonyl (C=O) groups is 1. The first-order valence-electron chi connectivity index (χ1n) is 7.86. The van der Waals surface area contributed by atoms with Crippen LogP contribution in [0.15, 0.2) is 42.5 Å². The van der Waals surface area contributed by atoms with E-state index in [1.165, 1.54) is 12.1 Å². The van der Waals surface area contributed by atoms with Crippen LogP contribution >= 0.6 is 0 Å². The molecule has 2 aromatic carbocycles. The average molecular weight is 344 g/mol. The van der Waals surface area contributed by atoms with Crippen LogP contribution in [-0.2, 0) is 4.79 Å². The fourth-order valence-electron chi connectivity index (χ4n) is 2.21. The predicted octanol–water partition coefficient (Wildman–Crippen LogP) is 3.71. The van der Waals surface area contributed by atoms with Gasteiger partial charge in [-0.15, -0.1) is 0 Å². The summed E-state index contributed by atoms with van der Waals surface area (Å²) in [6.45, 7) is 5.70. The molecule has 1 atom stereocenters. The Balaban J connectivity index is 1.98. The third kappa shape index (κ3) is 4.94. The Kier molecular flexibility index (Phi) is 5.94. The number of carbonyl (C=O) groups excluding carboxylic acids is 1. The van der Waals surface area contributed by atoms with Crippen molar-refractivity contribution < 1.29 is 19.2 Å². The monoisotopic (exact) mass is 344 g/mol. The highest BCUT2D eigenvalue weighted by molar-refractivity contribution is 5.94. The van der Waals surface area contributed by atoms with Gasteiger partial charge in [0.25, 0.3) is 11.6 Å². The molecule has 2 aromatic rings. The van der Waals surface area contributed by atoms with Crippen molar-refractivity contribution in [3.63, 3.8) is 0 Å². The minimum absolute atomic E-state index is 0.0128. The molecule has 0 radical (unpaired) electrons. The van der Waals surface area contributed by atoms with E-state index >= 15 is 0 Å². The maximum atomic E-state index is 12.2. The normalized spacial score (nSPS) is 11.5. The molecule has 0 aliphatic rings. The zero-order valence-electron chi connectivity index (χ0n) is 14.3. The number of nitro groups is 1. The van der Waals surface area contributed by atoms with Crippen LogP contribution in [0.2, 0.25) is 0 Å². The van der Waals surface area contributed by atoms with Crippen molar-refractivity contribution in [2.75, 3.05) is 11.9 Å². The molecular formula is C18H20N2O5. The van der Waals surface area contributed by atoms with Crippen LogP contribution in [0.25, 0.3) is 0 Å². The molecule has 1 N–H and O–H groups in total. The fourth-order valence-corrected chi connectivity index (χ4v) is 2.21. The molecule has 0 unspecified atom stereocenters. The second-order valence-corrected chi connectivity index (χ2v) is 5.41. The van der Waals surface area contributed by atoms with Gasteiger partial charge in [-0.25, -0.2) is 0 Å². The zero-order valence-corrected chi connectivity index (χ0v) is 14.3. The topological polar surface area (TPSA) is 90.7 Å². The molecule has 132 valence electrons. The van der Waals surface area contributed by atoms with Crippen molar-refractivity contribution in [1.29, 1.82) is 0 Å². The summed E-state index contributed by atoms with van der Waals surface area (Å²) < 4.78 is 10.9. The Morgan fingerprint density at radius 3 is 2.40 bits per heavy atom. The number of benzene rings is 2. The summed E-state index contributed by atoms with van der Waals surface area (Å²) in [7, 11) is 0. The number of nitrogens with one attached hydrogen (secondary N) is 1. The highest BCUT2D eigenvalue weighted by atomic mass is 16.6. The fraction of sp³-hybridized carbons (Fsp3) is 0.278. The van der Waals surface area contributed by atoms with E-state index in [4.69, 9.17) is 9.47 Å². The van der Waals surface area contributed by atoms with Crippen molar-refractivity contribution in [3.8, 4) is 11.5 Å². The summed E-state index contributed by atoms with van der Waals surface area (Å²) in [4.78, 5) is 22.6. The number of hydrogen-bond donors (Lipinski definition) is 1. The molecule has 0 saturated carbocycles. The number of nitrogens with zero attached hydrogens (tertiary/aromatic N) is 1. The molecule has 0 heterocycles. The first-order valence-corrected chi connectivity index (χ1v) is 7.86. The minimum atomic E-state index is -0.757. The van der Waals surface area contributed by atoms with Gasteiger partial charge in [0.1, 0.15) is 11.5 Å². The summed E-state index contributed by atoms with van der Waals surface area (Å²) in [6.07, 6.45) is -0.757. The van der Waals surface area contributed by atoms with Gasteiger partial charge in [0.05, 0.1) is 11.5 Å². The van der Waals surface area contributed by atoms with Gasteiger partial charge in [0.2, 0.25) is 0 Å². The quantitative estimate of drug-likeness (QED) is 0.611. The van der Waals surface area contributed by atoms with Gasteiger partial charge in [0.15, 0.2) is 6.10 Å². The molecule has 1 amide bonds. The van der Waals surface area contributed by atoms with Crippen LogP contribution < -0.4 is 14.8 Å². The molecule has 0 saturated heterocycles. The lowest BCUT2D eigenvalue weighted by atomic mass is 10.2. The third-order valence-corrected chi connectivity index (χ3v) is 3.48. The van der Waals surface area contributed by atoms with Crippen molar-refractivity contribution in [3.05, 3.63) is 58.1 Å². The standard InChI is InChI=1S/C18H20N2O5/c1-4-24-15-7-5-14(6-8-15)19-18(21)13(3)25-16-9-10-17(20(22)23)12(2)11-16/h5-11,13H,4H2,1-3H3,(H,19,21)/t13-/m0/s1. The number of ether oxygens (including phenoxy) is 2. The van der Waals surface area contributed by atoms with E-state index in [9.17, 15) is 14.9 Å². The summed E-state index contributed by atoms with van der Waals surface area (Å²) >= 11 is 0. The lowest BCUT2D eigenvalue weighted by Gasteiger charge is -2.15. The van der Waals surface area contributed by atoms with Crippen molar-refractivity contribution in [2.45, 2.75) is 26.9 Å². The predicted molar refractivity (Wildman–Crippen MR) is 94.2 cm³/mol. The van der Waals surface area contributed by atoms with Crippen LogP contribution in [0.1, 0.15) is 19.4 Å². The Bertz CT molecular complexity index is 759. The first kappa shape index (κ1) is 18.3. The number of anilines is 1. The molecule has 0 spiro atoms. The van der Waals surface area contributed by atoms with Crippen LogP contribution in [0.5, 0.6) is 11.5 Å². The highest BCUT2D eigenvalue weighted by Crippen LogP contribution is 2.24. The summed E-state index contributed by atoms with van der Waals surface area (Å²) in [6, 6.07) is 11.4. The van der Waals surface area contributed by atoms with Crippen molar-refractivity contribution in [2.24, 2.45) is 0 Å². The van der Waals surface area contributed by atoms with Gasteiger partial charge in [0, 0.05) is 17.3 Å². The molecule has 0 aliphatic carbocycles. The second kappa shape index (κ2) is 8.14. The Morgan fingerprint density at radius 1 is 1.20 bits per heavy atom. The van der Waals surface area contributed by atoms with E-state index in [0.717, 1.165) is 5.75 Å². The first-order chi connectivity index (χ1) is 11.9. The summed E-state index contributed by atoms with van der Waals surface area (Å²) in [5, 5.41) is 13.6. The average Bonchev–Trinajstić information content (AvgIpc) is 2.56. The molecule has 25 heavy (non-hydrogen) atoms. The van der Waals surface area contributed by atoms with Gasteiger partial charge < -0.3 is 14.8 Å². The van der Waals surface area contributed by atoms with Crippen molar-refractivity contribution in [1.82, 2.24) is 0 Å². The van der Waals surface area contributed by atoms with Gasteiger partial charge >= 0.3 is 0 Å². The number of amides is 1. The van der Waals surface area contributed by atoms with Crippen LogP contribution in [-0.4, -0.2) is 23.5 Å². The zero-order chi connectivity index (χ0) is 18.4. The van der Waals surface area contributed by atoms with E-state index in [2.05, 4.69) is 5.32 Å². The van der Waals surface area contributed by atoms with Gasteiger partial charge in [-0.2, -0.15) is 0 Å². The second-order valence-electron chi connectivity index (χ2n) is 5.41. The largest absolute Gasteiger partial charge is 0.494 e. The number of nitro benzene ring substituents is 1. The maximum absolute atomic E-state index is 12.2. The lowest BCUT2D eigenvalue weighted by Crippen LogP contribution is -2.30. The van der Waals surface area contributed by atoms with Crippen LogP contribution in [0.4, 0.5) is 11.4 Å². The Labute approximate surface area is 145 Å². The maximum Gasteiger partial charge on any atom is 0.272 e. The molecular weight excluding hydrogens is 324 g/mol. The molecule has 0 fully saturated rings. The number of hydrogen-bond acceptors (Lipinski definition) is 5. The Morgan fingerprint density at radius 2 is 1.84 bits per heavy atom. The summed E-state index contributed by atoms with van der Waals surface area (Å²) in [5.74, 6) is 0.809. The molecule has 7 nitrogen and oxygen atoms in total. The molecule has 7 heteroatoms. The number of rotatable bonds is 7. The third-order valence-electron chi connectivity index (χ3n) is 3.48. The van der Waals surface area contributed by atoms with E-state index in [0.29, 0.717) is 23.6 Å². The van der Waals surface area contributed by atoms with E-state index in [-0.39, 0.29) is 11.6 Å². The van der Waals surface area contributed by atoms with Crippen molar-refractivity contribution >= 4 is 17.3 Å². The molecule has 0 aromatic heterocycles. The van der Waals surface area contributed by atoms with Crippen LogP contribution in [0.3, 0.4) is 0 Å². The highest BCUT2D eigenvalue weighted by Gasteiger charge is 2.17. The molecule has 0 aliphatic heterocycles. The smallest absolute Gasteiger partial charge is 0.272 e. The van der Waals surface area contributed by atoms with E-state index < -0.39 is 11.0 Å². The molecule has 2 rings (SSSR count). The van der Waals surface area contributed by atoms with Gasteiger partial charge in [-0.05, 0) is 57.2 Å². The van der Waals surface area contributed by atoms with Gasteiger partial charge in [-0.3, -0.25) is 14.9 Å². The molecule has 0 bridgehead atoms. The van der Waals surface area contributed by atoms with Crippen LogP contribution in [0, 0.1) is 17.0 Å². The minimum Gasteiger partial charge on any atom is -0.494 e. The van der Waals surface area contributed by atoms with E-state index in [1.54, 1.807) is 44.2 Å². The van der Waals surface area contributed by atoms with E-state index in [1.807, 2.05) is 6.92 Å². The summed E-state index contributed by atoms with van der Waals surface area (Å²) in [5.41, 5.74) is 1.12. The lowest BCUT2D eigenvalue weighted by molar-refractivity contribution is -0.385. The SMILES string of the molecule is CCOc1ccc(NC(=O)[C@H](C)Oc2ccc([N+](=O)[O-])c(C)c2)cc1. The van der Waals surface area contributed by atoms with Gasteiger partial charge in [-0.1, -0.05) is 0 Å².